The molecule has 14 heavy (non-hydrogen) atoms. The maximum absolute atomic E-state index is 5.67. The first-order valence-corrected chi connectivity index (χ1v) is 6.11. The van der Waals surface area contributed by atoms with Gasteiger partial charge in [-0.2, -0.15) is 0 Å². The minimum atomic E-state index is -0.578. The summed E-state index contributed by atoms with van der Waals surface area (Å²) in [5, 5.41) is 0. The highest BCUT2D eigenvalue weighted by atomic mass is 79.9. The van der Waals surface area contributed by atoms with Gasteiger partial charge in [-0.05, 0) is 34.6 Å². The van der Waals surface area contributed by atoms with E-state index in [0.29, 0.717) is 26.2 Å². The summed E-state index contributed by atoms with van der Waals surface area (Å²) in [7, 11) is 0. The van der Waals surface area contributed by atoms with Crippen LogP contribution in [0.25, 0.3) is 0 Å². The predicted octanol–water partition coefficient (Wildman–Crippen LogP) is 2.06. The molecule has 1 aliphatic heterocycles. The fourth-order valence-corrected chi connectivity index (χ4v) is 3.09. The van der Waals surface area contributed by atoms with E-state index in [1.165, 1.54) is 0 Å². The molecule has 2 heterocycles. The molecule has 1 saturated heterocycles. The summed E-state index contributed by atoms with van der Waals surface area (Å²) in [4.78, 5) is 1.09. The molecule has 5 heteroatoms. The van der Waals surface area contributed by atoms with Crippen molar-refractivity contribution in [1.29, 1.82) is 0 Å². The molecule has 1 fully saturated rings. The van der Waals surface area contributed by atoms with Crippen LogP contribution in [0.15, 0.2) is 15.9 Å². The van der Waals surface area contributed by atoms with Crippen LogP contribution in [-0.2, 0) is 15.3 Å². The zero-order chi connectivity index (χ0) is 10.0. The molecule has 0 radical (unpaired) electrons. The molecule has 1 aromatic rings. The second-order valence-electron chi connectivity index (χ2n) is 3.09. The molecule has 0 aromatic carbocycles. The van der Waals surface area contributed by atoms with Gasteiger partial charge in [0.05, 0.1) is 21.9 Å². The van der Waals surface area contributed by atoms with Gasteiger partial charge >= 0.3 is 0 Å². The molecule has 2 rings (SSSR count). The zero-order valence-electron chi connectivity index (χ0n) is 7.66. The molecule has 0 saturated carbocycles. The van der Waals surface area contributed by atoms with Gasteiger partial charge in [0.15, 0.2) is 0 Å². The fourth-order valence-electron chi connectivity index (χ4n) is 1.57. The van der Waals surface area contributed by atoms with Crippen molar-refractivity contribution in [3.05, 3.63) is 20.8 Å². The van der Waals surface area contributed by atoms with Crippen molar-refractivity contribution < 1.29 is 9.47 Å². The van der Waals surface area contributed by atoms with Gasteiger partial charge in [0.1, 0.15) is 0 Å². The highest BCUT2D eigenvalue weighted by Crippen LogP contribution is 2.39. The van der Waals surface area contributed by atoms with Gasteiger partial charge in [-0.1, -0.05) is 0 Å². The highest BCUT2D eigenvalue weighted by molar-refractivity contribution is 9.11. The molecule has 0 bridgehead atoms. The Morgan fingerprint density at radius 2 is 2.14 bits per heavy atom. The van der Waals surface area contributed by atoms with Gasteiger partial charge in [0, 0.05) is 6.42 Å². The summed E-state index contributed by atoms with van der Waals surface area (Å²) in [5.41, 5.74) is 5.57. The Morgan fingerprint density at radius 3 is 2.64 bits per heavy atom. The largest absolute Gasteiger partial charge is 0.343 e. The SMILES string of the molecule is NCCC1(c2ccc(Br)s2)OCCO1. The van der Waals surface area contributed by atoms with E-state index in [2.05, 4.69) is 15.9 Å². The summed E-state index contributed by atoms with van der Waals surface area (Å²) in [6.07, 6.45) is 0.708. The van der Waals surface area contributed by atoms with Crippen molar-refractivity contribution in [3.63, 3.8) is 0 Å². The van der Waals surface area contributed by atoms with E-state index in [9.17, 15) is 0 Å². The first kappa shape index (κ1) is 10.6. The number of hydrogen-bond acceptors (Lipinski definition) is 4. The molecular weight excluding hydrogens is 266 g/mol. The van der Waals surface area contributed by atoms with Crippen LogP contribution in [-0.4, -0.2) is 19.8 Å². The van der Waals surface area contributed by atoms with E-state index in [0.717, 1.165) is 8.66 Å². The molecule has 0 unspecified atom stereocenters. The molecule has 0 atom stereocenters. The molecular formula is C9H12BrNO2S. The molecule has 1 aliphatic rings. The average Bonchev–Trinajstić information content (AvgIpc) is 2.75. The van der Waals surface area contributed by atoms with Crippen LogP contribution in [0.2, 0.25) is 0 Å². The van der Waals surface area contributed by atoms with Crippen LogP contribution < -0.4 is 5.73 Å². The maximum atomic E-state index is 5.67. The average molecular weight is 278 g/mol. The minimum Gasteiger partial charge on any atom is -0.343 e. The summed E-state index contributed by atoms with van der Waals surface area (Å²) in [6.45, 7) is 1.86. The Bertz CT molecular complexity index is 310. The van der Waals surface area contributed by atoms with Crippen LogP contribution in [0.3, 0.4) is 0 Å². The van der Waals surface area contributed by atoms with Crippen molar-refractivity contribution in [2.24, 2.45) is 5.73 Å². The third-order valence-corrected chi connectivity index (χ3v) is 3.92. The monoisotopic (exact) mass is 277 g/mol. The van der Waals surface area contributed by atoms with Gasteiger partial charge in [0.25, 0.3) is 0 Å². The van der Waals surface area contributed by atoms with Crippen molar-refractivity contribution in [2.45, 2.75) is 12.2 Å². The van der Waals surface area contributed by atoms with E-state index < -0.39 is 5.79 Å². The molecule has 3 nitrogen and oxygen atoms in total. The van der Waals surface area contributed by atoms with Crippen molar-refractivity contribution >= 4 is 27.3 Å². The standard InChI is InChI=1S/C9H12BrNO2S/c10-8-2-1-7(14-8)9(3-4-11)12-5-6-13-9/h1-2H,3-6,11H2. The van der Waals surface area contributed by atoms with Crippen LogP contribution in [0.4, 0.5) is 0 Å². The van der Waals surface area contributed by atoms with E-state index in [1.807, 2.05) is 12.1 Å². The van der Waals surface area contributed by atoms with E-state index in [-0.39, 0.29) is 0 Å². The number of nitrogens with two attached hydrogens (primary N) is 1. The third kappa shape index (κ3) is 1.87. The molecule has 78 valence electrons. The van der Waals surface area contributed by atoms with Crippen molar-refractivity contribution in [2.75, 3.05) is 19.8 Å². The van der Waals surface area contributed by atoms with Crippen molar-refractivity contribution in [3.8, 4) is 0 Å². The maximum Gasteiger partial charge on any atom is 0.205 e. The Balaban J connectivity index is 2.26. The van der Waals surface area contributed by atoms with Gasteiger partial charge in [-0.15, -0.1) is 11.3 Å². The molecule has 0 amide bonds. The smallest absolute Gasteiger partial charge is 0.205 e. The van der Waals surface area contributed by atoms with Gasteiger partial charge in [-0.25, -0.2) is 0 Å². The lowest BCUT2D eigenvalue weighted by Crippen LogP contribution is -2.29. The molecule has 1 aromatic heterocycles. The van der Waals surface area contributed by atoms with Gasteiger partial charge in [-0.3, -0.25) is 0 Å². The lowest BCUT2D eigenvalue weighted by atomic mass is 10.1. The van der Waals surface area contributed by atoms with E-state index in [4.69, 9.17) is 15.2 Å². The zero-order valence-corrected chi connectivity index (χ0v) is 10.1. The van der Waals surface area contributed by atoms with Crippen molar-refractivity contribution in [1.82, 2.24) is 0 Å². The number of ether oxygens (including phenoxy) is 2. The van der Waals surface area contributed by atoms with Crippen LogP contribution >= 0.6 is 27.3 Å². The Kier molecular flexibility index (Phi) is 3.23. The Labute approximate surface area is 95.3 Å². The highest BCUT2D eigenvalue weighted by Gasteiger charge is 2.38. The minimum absolute atomic E-state index is 0.565. The third-order valence-electron chi connectivity index (χ3n) is 2.18. The summed E-state index contributed by atoms with van der Waals surface area (Å²) >= 11 is 5.07. The number of thiophene rings is 1. The van der Waals surface area contributed by atoms with Crippen LogP contribution in [0, 0.1) is 0 Å². The van der Waals surface area contributed by atoms with Gasteiger partial charge < -0.3 is 15.2 Å². The number of rotatable bonds is 3. The predicted molar refractivity (Wildman–Crippen MR) is 59.3 cm³/mol. The number of halogens is 1. The second kappa shape index (κ2) is 4.28. The normalized spacial score (nSPS) is 20.1. The Morgan fingerprint density at radius 1 is 1.43 bits per heavy atom. The first-order valence-electron chi connectivity index (χ1n) is 4.51. The Hall–Kier alpha value is 0.0600. The van der Waals surface area contributed by atoms with Crippen LogP contribution in [0.5, 0.6) is 0 Å². The summed E-state index contributed by atoms with van der Waals surface area (Å²) in [6, 6.07) is 4.03. The topological polar surface area (TPSA) is 44.5 Å². The summed E-state index contributed by atoms with van der Waals surface area (Å²) in [5.74, 6) is -0.578. The first-order chi connectivity index (χ1) is 6.77. The lowest BCUT2D eigenvalue weighted by Gasteiger charge is -2.25. The van der Waals surface area contributed by atoms with E-state index in [1.54, 1.807) is 11.3 Å². The summed E-state index contributed by atoms with van der Waals surface area (Å²) < 4.78 is 12.4. The molecule has 0 aliphatic carbocycles. The molecule has 2 N–H and O–H groups in total. The molecule has 0 spiro atoms. The fraction of sp³-hybridized carbons (Fsp3) is 0.556. The quantitative estimate of drug-likeness (QED) is 0.920. The number of hydrogen-bond donors (Lipinski definition) is 1. The van der Waals surface area contributed by atoms with Crippen LogP contribution in [0.1, 0.15) is 11.3 Å². The van der Waals surface area contributed by atoms with Gasteiger partial charge in [0.2, 0.25) is 5.79 Å². The second-order valence-corrected chi connectivity index (χ2v) is 5.56. The lowest BCUT2D eigenvalue weighted by molar-refractivity contribution is -0.166. The van der Waals surface area contributed by atoms with E-state index >= 15 is 0 Å².